The van der Waals surface area contributed by atoms with E-state index in [2.05, 4.69) is 5.16 Å². The normalized spacial score (nSPS) is 16.8. The summed E-state index contributed by atoms with van der Waals surface area (Å²) in [5.74, 6) is 1.37. The van der Waals surface area contributed by atoms with E-state index in [9.17, 15) is 0 Å². The molecule has 1 aromatic carbocycles. The van der Waals surface area contributed by atoms with Gasteiger partial charge in [-0.2, -0.15) is 0 Å². The van der Waals surface area contributed by atoms with Crippen molar-refractivity contribution in [3.05, 3.63) is 23.8 Å². The van der Waals surface area contributed by atoms with Crippen LogP contribution in [-0.4, -0.2) is 24.3 Å². The molecule has 1 fully saturated rings. The summed E-state index contributed by atoms with van der Waals surface area (Å²) >= 11 is 0. The van der Waals surface area contributed by atoms with Gasteiger partial charge in [0.1, 0.15) is 0 Å². The van der Waals surface area contributed by atoms with Crippen LogP contribution in [0, 0.1) is 0 Å². The summed E-state index contributed by atoms with van der Waals surface area (Å²) in [4.78, 5) is 0. The average molecular weight is 250 g/mol. The van der Waals surface area contributed by atoms with Crippen molar-refractivity contribution >= 4 is 5.84 Å². The van der Waals surface area contributed by atoms with Crippen LogP contribution in [0.4, 0.5) is 0 Å². The highest BCUT2D eigenvalue weighted by Crippen LogP contribution is 2.32. The number of oxime groups is 1. The van der Waals surface area contributed by atoms with Crippen molar-refractivity contribution in [3.8, 4) is 11.5 Å². The van der Waals surface area contributed by atoms with Crippen LogP contribution in [0.2, 0.25) is 0 Å². The van der Waals surface area contributed by atoms with Crippen LogP contribution in [0.3, 0.4) is 0 Å². The molecule has 1 aliphatic carbocycles. The van der Waals surface area contributed by atoms with Gasteiger partial charge in [-0.1, -0.05) is 5.16 Å². The third-order valence-corrected chi connectivity index (χ3v) is 3.16. The number of nitrogens with zero attached hydrogens (tertiary/aromatic N) is 1. The SMILES string of the molecule is COc1cc(/C(N)=N/O)ccc1OC1CCCC1. The molecule has 18 heavy (non-hydrogen) atoms. The van der Waals surface area contributed by atoms with Gasteiger partial charge < -0.3 is 20.4 Å². The lowest BCUT2D eigenvalue weighted by Gasteiger charge is -2.16. The maximum Gasteiger partial charge on any atom is 0.170 e. The van der Waals surface area contributed by atoms with Crippen molar-refractivity contribution in [2.24, 2.45) is 10.9 Å². The van der Waals surface area contributed by atoms with Crippen molar-refractivity contribution in [1.82, 2.24) is 0 Å². The largest absolute Gasteiger partial charge is 0.493 e. The summed E-state index contributed by atoms with van der Waals surface area (Å²) in [5, 5.41) is 11.6. The second-order valence-electron chi connectivity index (χ2n) is 4.38. The first-order valence-corrected chi connectivity index (χ1v) is 6.07. The van der Waals surface area contributed by atoms with Crippen LogP contribution >= 0.6 is 0 Å². The van der Waals surface area contributed by atoms with Crippen LogP contribution < -0.4 is 15.2 Å². The lowest BCUT2D eigenvalue weighted by Crippen LogP contribution is -2.14. The number of ether oxygens (including phenoxy) is 2. The van der Waals surface area contributed by atoms with Gasteiger partial charge in [-0.15, -0.1) is 0 Å². The van der Waals surface area contributed by atoms with E-state index in [0.717, 1.165) is 12.8 Å². The quantitative estimate of drug-likeness (QED) is 0.371. The maximum atomic E-state index is 8.64. The fraction of sp³-hybridized carbons (Fsp3) is 0.462. The highest BCUT2D eigenvalue weighted by molar-refractivity contribution is 5.97. The molecule has 0 saturated heterocycles. The van der Waals surface area contributed by atoms with Gasteiger partial charge in [0.2, 0.25) is 0 Å². The highest BCUT2D eigenvalue weighted by Gasteiger charge is 2.18. The lowest BCUT2D eigenvalue weighted by molar-refractivity contribution is 0.201. The lowest BCUT2D eigenvalue weighted by atomic mass is 10.2. The van der Waals surface area contributed by atoms with E-state index in [4.69, 9.17) is 20.4 Å². The van der Waals surface area contributed by atoms with Crippen molar-refractivity contribution in [1.29, 1.82) is 0 Å². The topological polar surface area (TPSA) is 77.1 Å². The first kappa shape index (κ1) is 12.5. The molecule has 2 rings (SSSR count). The Morgan fingerprint density at radius 1 is 1.33 bits per heavy atom. The highest BCUT2D eigenvalue weighted by atomic mass is 16.5. The van der Waals surface area contributed by atoms with Gasteiger partial charge in [0.15, 0.2) is 17.3 Å². The Balaban J connectivity index is 2.19. The molecule has 0 aliphatic heterocycles. The molecule has 3 N–H and O–H groups in total. The molecule has 1 aromatic rings. The zero-order valence-corrected chi connectivity index (χ0v) is 10.4. The minimum atomic E-state index is 0.0562. The second kappa shape index (κ2) is 5.62. The van der Waals surface area contributed by atoms with Crippen molar-refractivity contribution in [2.45, 2.75) is 31.8 Å². The minimum Gasteiger partial charge on any atom is -0.493 e. The fourth-order valence-corrected chi connectivity index (χ4v) is 2.17. The van der Waals surface area contributed by atoms with E-state index < -0.39 is 0 Å². The summed E-state index contributed by atoms with van der Waals surface area (Å²) < 4.78 is 11.2. The fourth-order valence-electron chi connectivity index (χ4n) is 2.17. The number of nitrogens with two attached hydrogens (primary N) is 1. The smallest absolute Gasteiger partial charge is 0.170 e. The molecule has 1 aliphatic rings. The third-order valence-electron chi connectivity index (χ3n) is 3.16. The van der Waals surface area contributed by atoms with Crippen LogP contribution in [0.15, 0.2) is 23.4 Å². The number of hydrogen-bond donors (Lipinski definition) is 2. The van der Waals surface area contributed by atoms with Gasteiger partial charge in [-0.3, -0.25) is 0 Å². The Bertz CT molecular complexity index is 440. The monoisotopic (exact) mass is 250 g/mol. The number of amidine groups is 1. The summed E-state index contributed by atoms with van der Waals surface area (Å²) in [6.45, 7) is 0. The predicted octanol–water partition coefficient (Wildman–Crippen LogP) is 2.11. The van der Waals surface area contributed by atoms with Crippen molar-refractivity contribution in [3.63, 3.8) is 0 Å². The van der Waals surface area contributed by atoms with E-state index >= 15 is 0 Å². The zero-order chi connectivity index (χ0) is 13.0. The molecule has 0 amide bonds. The maximum absolute atomic E-state index is 8.64. The van der Waals surface area contributed by atoms with Crippen molar-refractivity contribution < 1.29 is 14.7 Å². The Morgan fingerprint density at radius 2 is 2.06 bits per heavy atom. The molecule has 0 bridgehead atoms. The standard InChI is InChI=1S/C13H18N2O3/c1-17-12-8-9(13(14)15-16)6-7-11(12)18-10-4-2-3-5-10/h6-8,10,16H,2-5H2,1H3,(H2,14,15). The molecule has 0 heterocycles. The third kappa shape index (κ3) is 2.67. The van der Waals surface area contributed by atoms with Crippen LogP contribution in [0.1, 0.15) is 31.2 Å². The number of benzene rings is 1. The van der Waals surface area contributed by atoms with E-state index in [1.54, 1.807) is 25.3 Å². The van der Waals surface area contributed by atoms with Crippen LogP contribution in [-0.2, 0) is 0 Å². The average Bonchev–Trinajstić information content (AvgIpc) is 2.91. The number of rotatable bonds is 4. The van der Waals surface area contributed by atoms with Gasteiger partial charge >= 0.3 is 0 Å². The first-order chi connectivity index (χ1) is 8.74. The molecule has 0 atom stereocenters. The molecular weight excluding hydrogens is 232 g/mol. The van der Waals surface area contributed by atoms with Crippen molar-refractivity contribution in [2.75, 3.05) is 7.11 Å². The molecule has 0 aromatic heterocycles. The molecule has 1 saturated carbocycles. The Kier molecular flexibility index (Phi) is 3.92. The molecule has 5 nitrogen and oxygen atoms in total. The molecule has 0 unspecified atom stereocenters. The number of methoxy groups -OCH3 is 1. The first-order valence-electron chi connectivity index (χ1n) is 6.07. The summed E-state index contributed by atoms with van der Waals surface area (Å²) in [7, 11) is 1.58. The van der Waals surface area contributed by atoms with Gasteiger partial charge in [0, 0.05) is 5.56 Å². The van der Waals surface area contributed by atoms with Gasteiger partial charge in [0.25, 0.3) is 0 Å². The molecule has 98 valence electrons. The van der Waals surface area contributed by atoms with Gasteiger partial charge in [-0.25, -0.2) is 0 Å². The van der Waals surface area contributed by atoms with E-state index in [1.165, 1.54) is 12.8 Å². The molecule has 0 radical (unpaired) electrons. The van der Waals surface area contributed by atoms with Gasteiger partial charge in [-0.05, 0) is 43.9 Å². The number of hydrogen-bond acceptors (Lipinski definition) is 4. The minimum absolute atomic E-state index is 0.0562. The van der Waals surface area contributed by atoms with E-state index in [1.807, 2.05) is 0 Å². The molecular formula is C13H18N2O3. The summed E-state index contributed by atoms with van der Waals surface area (Å²) in [6.07, 6.45) is 4.88. The zero-order valence-electron chi connectivity index (χ0n) is 10.4. The molecule has 0 spiro atoms. The summed E-state index contributed by atoms with van der Waals surface area (Å²) in [5.41, 5.74) is 6.14. The predicted molar refractivity (Wildman–Crippen MR) is 68.4 cm³/mol. The van der Waals surface area contributed by atoms with Gasteiger partial charge in [0.05, 0.1) is 13.2 Å². The Labute approximate surface area is 106 Å². The van der Waals surface area contributed by atoms with E-state index in [-0.39, 0.29) is 11.9 Å². The Hall–Kier alpha value is -1.91. The van der Waals surface area contributed by atoms with E-state index in [0.29, 0.717) is 17.1 Å². The van der Waals surface area contributed by atoms with Crippen LogP contribution in [0.25, 0.3) is 0 Å². The summed E-state index contributed by atoms with van der Waals surface area (Å²) in [6, 6.07) is 5.26. The second-order valence-corrected chi connectivity index (χ2v) is 4.38. The van der Waals surface area contributed by atoms with Crippen LogP contribution in [0.5, 0.6) is 11.5 Å². The molecule has 5 heteroatoms. The Morgan fingerprint density at radius 3 is 2.67 bits per heavy atom.